The Labute approximate surface area is 117 Å². The summed E-state index contributed by atoms with van der Waals surface area (Å²) in [5.41, 5.74) is 0.336. The van der Waals surface area contributed by atoms with Crippen molar-refractivity contribution in [2.75, 3.05) is 0 Å². The first-order valence-electron chi connectivity index (χ1n) is 5.36. The highest BCUT2D eigenvalue weighted by atomic mass is 79.9. The minimum absolute atomic E-state index is 0.130. The molecule has 0 heterocycles. The fourth-order valence-corrected chi connectivity index (χ4v) is 2.14. The van der Waals surface area contributed by atoms with Gasteiger partial charge in [-0.25, -0.2) is 0 Å². The van der Waals surface area contributed by atoms with Crippen LogP contribution in [-0.4, -0.2) is 4.92 Å². The summed E-state index contributed by atoms with van der Waals surface area (Å²) in [5.74, 6) is -0.667. The lowest BCUT2D eigenvalue weighted by molar-refractivity contribution is -0.388. The van der Waals surface area contributed by atoms with E-state index in [1.54, 1.807) is 18.2 Å². The van der Waals surface area contributed by atoms with Crippen molar-refractivity contribution in [2.24, 2.45) is 0 Å². The minimum Gasteiger partial charge on any atom is -0.449 e. The van der Waals surface area contributed by atoms with Crippen molar-refractivity contribution >= 4 is 21.6 Å². The summed E-state index contributed by atoms with van der Waals surface area (Å²) in [6.07, 6.45) is 0. The lowest BCUT2D eigenvalue weighted by atomic mass is 10.2. The molecule has 0 aliphatic carbocycles. The van der Waals surface area contributed by atoms with Gasteiger partial charge in [0.1, 0.15) is 5.75 Å². The van der Waals surface area contributed by atoms with Crippen molar-refractivity contribution in [3.8, 4) is 11.5 Å². The van der Waals surface area contributed by atoms with Gasteiger partial charge in [-0.05, 0) is 52.7 Å². The van der Waals surface area contributed by atoms with Gasteiger partial charge in [-0.15, -0.1) is 0 Å². The average Bonchev–Trinajstić information content (AvgIpc) is 2.32. The normalized spacial score (nSPS) is 10.3. The largest absolute Gasteiger partial charge is 0.449 e. The summed E-state index contributed by atoms with van der Waals surface area (Å²) >= 11 is 3.30. The molecule has 19 heavy (non-hydrogen) atoms. The first-order valence-corrected chi connectivity index (χ1v) is 6.15. The molecule has 0 bridgehead atoms. The molecule has 0 saturated heterocycles. The molecule has 2 aromatic carbocycles. The van der Waals surface area contributed by atoms with Gasteiger partial charge in [-0.3, -0.25) is 10.1 Å². The maximum absolute atomic E-state index is 13.4. The second-order valence-corrected chi connectivity index (χ2v) is 4.73. The highest BCUT2D eigenvalue weighted by Gasteiger charge is 2.22. The van der Waals surface area contributed by atoms with Crippen molar-refractivity contribution < 1.29 is 14.1 Å². The number of nitro benzene ring substituents is 1. The van der Waals surface area contributed by atoms with Gasteiger partial charge in [0.2, 0.25) is 11.6 Å². The molecule has 0 N–H and O–H groups in total. The highest BCUT2D eigenvalue weighted by Crippen LogP contribution is 2.36. The molecule has 6 heteroatoms. The fourth-order valence-electron chi connectivity index (χ4n) is 1.56. The van der Waals surface area contributed by atoms with Gasteiger partial charge in [0.05, 0.1) is 9.40 Å². The number of ether oxygens (including phenoxy) is 1. The zero-order chi connectivity index (χ0) is 14.0. The number of para-hydroxylation sites is 1. The predicted molar refractivity (Wildman–Crippen MR) is 72.0 cm³/mol. The van der Waals surface area contributed by atoms with Crippen LogP contribution < -0.4 is 4.74 Å². The molecular weight excluding hydrogens is 317 g/mol. The van der Waals surface area contributed by atoms with E-state index in [0.717, 1.165) is 11.6 Å². The molecule has 0 aromatic heterocycles. The van der Waals surface area contributed by atoms with Gasteiger partial charge in [-0.2, -0.15) is 4.39 Å². The lowest BCUT2D eigenvalue weighted by Gasteiger charge is -2.08. The van der Waals surface area contributed by atoms with Crippen molar-refractivity contribution in [3.05, 3.63) is 62.4 Å². The average molecular weight is 326 g/mol. The van der Waals surface area contributed by atoms with E-state index in [1.807, 2.05) is 6.92 Å². The Balaban J connectivity index is 2.44. The third-order valence-corrected chi connectivity index (χ3v) is 3.06. The number of hydrogen-bond donors (Lipinski definition) is 0. The molecule has 0 fully saturated rings. The quantitative estimate of drug-likeness (QED) is 0.612. The number of rotatable bonds is 3. The molecule has 0 saturated carbocycles. The van der Waals surface area contributed by atoms with Crippen LogP contribution in [0.1, 0.15) is 5.56 Å². The van der Waals surface area contributed by atoms with Crippen molar-refractivity contribution in [3.63, 3.8) is 0 Å². The molecule has 0 atom stereocenters. The monoisotopic (exact) mass is 325 g/mol. The molecule has 0 aliphatic rings. The molecule has 0 radical (unpaired) electrons. The topological polar surface area (TPSA) is 52.4 Å². The van der Waals surface area contributed by atoms with E-state index >= 15 is 0 Å². The third kappa shape index (κ3) is 2.90. The number of nitrogens with zero attached hydrogens (tertiary/aromatic N) is 1. The van der Waals surface area contributed by atoms with Crippen LogP contribution in [0.4, 0.5) is 10.1 Å². The Morgan fingerprint density at radius 1 is 1.26 bits per heavy atom. The van der Waals surface area contributed by atoms with E-state index in [4.69, 9.17) is 4.74 Å². The number of benzene rings is 2. The standard InChI is InChI=1S/C13H9BrFNO3/c1-8-5-6-11(9(14)7-8)19-12-4-2-3-10(15)13(12)16(17)18/h2-7H,1H3. The summed E-state index contributed by atoms with van der Waals surface area (Å²) in [4.78, 5) is 10.0. The molecule has 4 nitrogen and oxygen atoms in total. The Kier molecular flexibility index (Phi) is 3.80. The van der Waals surface area contributed by atoms with Crippen LogP contribution in [0.5, 0.6) is 11.5 Å². The Morgan fingerprint density at radius 2 is 2.00 bits per heavy atom. The highest BCUT2D eigenvalue weighted by molar-refractivity contribution is 9.10. The second kappa shape index (κ2) is 5.36. The number of hydrogen-bond acceptors (Lipinski definition) is 3. The Bertz CT molecular complexity index is 646. The van der Waals surface area contributed by atoms with E-state index in [9.17, 15) is 14.5 Å². The Morgan fingerprint density at radius 3 is 2.63 bits per heavy atom. The van der Waals surface area contributed by atoms with Crippen molar-refractivity contribution in [1.82, 2.24) is 0 Å². The van der Waals surface area contributed by atoms with E-state index in [2.05, 4.69) is 15.9 Å². The van der Waals surface area contributed by atoms with Crippen LogP contribution in [0.3, 0.4) is 0 Å². The fraction of sp³-hybridized carbons (Fsp3) is 0.0769. The molecule has 0 spiro atoms. The van der Waals surface area contributed by atoms with Crippen LogP contribution in [0, 0.1) is 22.9 Å². The van der Waals surface area contributed by atoms with Gasteiger partial charge >= 0.3 is 5.69 Å². The predicted octanol–water partition coefficient (Wildman–Crippen LogP) is 4.60. The van der Waals surface area contributed by atoms with Crippen molar-refractivity contribution in [1.29, 1.82) is 0 Å². The van der Waals surface area contributed by atoms with Crippen LogP contribution in [-0.2, 0) is 0 Å². The first-order chi connectivity index (χ1) is 8.99. The van der Waals surface area contributed by atoms with E-state index < -0.39 is 16.4 Å². The van der Waals surface area contributed by atoms with Crippen LogP contribution in [0.15, 0.2) is 40.9 Å². The summed E-state index contributed by atoms with van der Waals surface area (Å²) in [7, 11) is 0. The van der Waals surface area contributed by atoms with Gasteiger partial charge in [0.15, 0.2) is 0 Å². The van der Waals surface area contributed by atoms with Gasteiger partial charge in [0.25, 0.3) is 0 Å². The second-order valence-electron chi connectivity index (χ2n) is 3.88. The first kappa shape index (κ1) is 13.5. The summed E-state index contributed by atoms with van der Waals surface area (Å²) in [6, 6.07) is 9.00. The number of nitro groups is 1. The van der Waals surface area contributed by atoms with E-state index in [1.165, 1.54) is 12.1 Å². The molecule has 2 aromatic rings. The zero-order valence-electron chi connectivity index (χ0n) is 9.89. The SMILES string of the molecule is Cc1ccc(Oc2cccc(F)c2[N+](=O)[O-])c(Br)c1. The van der Waals surface area contributed by atoms with E-state index in [-0.39, 0.29) is 5.75 Å². The summed E-state index contributed by atoms with van der Waals surface area (Å²) in [5, 5.41) is 10.8. The molecular formula is C13H9BrFNO3. The van der Waals surface area contributed by atoms with E-state index in [0.29, 0.717) is 10.2 Å². The summed E-state index contributed by atoms with van der Waals surface area (Å²) < 4.78 is 19.5. The maximum Gasteiger partial charge on any atom is 0.346 e. The molecule has 0 aliphatic heterocycles. The van der Waals surface area contributed by atoms with Crippen molar-refractivity contribution in [2.45, 2.75) is 6.92 Å². The van der Waals surface area contributed by atoms with Gasteiger partial charge in [-0.1, -0.05) is 12.1 Å². The van der Waals surface area contributed by atoms with Crippen LogP contribution in [0.2, 0.25) is 0 Å². The number of aryl methyl sites for hydroxylation is 1. The lowest BCUT2D eigenvalue weighted by Crippen LogP contribution is -1.97. The van der Waals surface area contributed by atoms with Gasteiger partial charge < -0.3 is 4.74 Å². The maximum atomic E-state index is 13.4. The van der Waals surface area contributed by atoms with Crippen LogP contribution >= 0.6 is 15.9 Å². The molecule has 0 unspecified atom stereocenters. The molecule has 98 valence electrons. The third-order valence-electron chi connectivity index (χ3n) is 2.44. The zero-order valence-corrected chi connectivity index (χ0v) is 11.5. The van der Waals surface area contributed by atoms with Gasteiger partial charge in [0, 0.05) is 0 Å². The number of halogens is 2. The minimum atomic E-state index is -0.925. The van der Waals surface area contributed by atoms with Crippen LogP contribution in [0.25, 0.3) is 0 Å². The molecule has 0 amide bonds. The Hall–Kier alpha value is -1.95. The molecule has 2 rings (SSSR count). The smallest absolute Gasteiger partial charge is 0.346 e. The summed E-state index contributed by atoms with van der Waals surface area (Å²) in [6.45, 7) is 1.90.